The lowest BCUT2D eigenvalue weighted by molar-refractivity contribution is 0.578. The highest BCUT2D eigenvalue weighted by molar-refractivity contribution is 7.88. The van der Waals surface area contributed by atoms with E-state index in [0.29, 0.717) is 0 Å². The SMILES string of the molecule is CC[Si](C)(C)O[Si]([Si](C)(C)CC)([Si](C)(C)CC)[Si](C)(C)CC. The van der Waals surface area contributed by atoms with Crippen LogP contribution in [-0.2, 0) is 4.12 Å². The summed E-state index contributed by atoms with van der Waals surface area (Å²) in [6.45, 7) is 29.3. The summed E-state index contributed by atoms with van der Waals surface area (Å²) in [5.74, 6) is 0. The molecule has 0 heterocycles. The van der Waals surface area contributed by atoms with Gasteiger partial charge in [-0.3, -0.25) is 0 Å². The summed E-state index contributed by atoms with van der Waals surface area (Å²) >= 11 is 0. The Morgan fingerprint density at radius 3 is 0.955 bits per heavy atom. The van der Waals surface area contributed by atoms with Crippen LogP contribution in [0.2, 0.25) is 76.6 Å². The molecule has 1 nitrogen and oxygen atoms in total. The molecule has 0 saturated carbocycles. The standard InChI is InChI=1S/C16H44OSi5/c1-13-18(5,6)17-22(19(7,8)14-2,20(9,10)15-3)21(11,12)16-4/h13-16H2,1-12H3. The lowest BCUT2D eigenvalue weighted by atomic mass is 11.0. The summed E-state index contributed by atoms with van der Waals surface area (Å²) < 4.78 is 7.60. The third-order valence-electron chi connectivity index (χ3n) is 6.79. The maximum atomic E-state index is 7.60. The van der Waals surface area contributed by atoms with Crippen molar-refractivity contribution in [1.82, 2.24) is 0 Å². The molecule has 0 atom stereocenters. The van der Waals surface area contributed by atoms with Gasteiger partial charge in [0.15, 0.2) is 8.32 Å². The first-order chi connectivity index (χ1) is 9.70. The van der Waals surface area contributed by atoms with Crippen LogP contribution in [0.5, 0.6) is 0 Å². The third kappa shape index (κ3) is 3.99. The zero-order chi connectivity index (χ0) is 18.0. The van der Waals surface area contributed by atoms with E-state index in [0.717, 1.165) is 0 Å². The molecule has 0 rings (SSSR count). The minimum absolute atomic E-state index is 1.28. The maximum absolute atomic E-state index is 7.60. The van der Waals surface area contributed by atoms with Crippen LogP contribution in [0.4, 0.5) is 0 Å². The van der Waals surface area contributed by atoms with E-state index in [1.165, 1.54) is 24.2 Å². The molecule has 0 aliphatic carbocycles. The van der Waals surface area contributed by atoms with Crippen molar-refractivity contribution < 1.29 is 4.12 Å². The summed E-state index contributed by atoms with van der Waals surface area (Å²) in [5, 5.41) is 0. The molecule has 0 bridgehead atoms. The van der Waals surface area contributed by atoms with Crippen LogP contribution in [0.15, 0.2) is 0 Å². The molecule has 0 unspecified atom stereocenters. The fourth-order valence-electron chi connectivity index (χ4n) is 4.40. The molecule has 0 aliphatic rings. The first-order valence-corrected chi connectivity index (χ1v) is 27.0. The highest BCUT2D eigenvalue weighted by Crippen LogP contribution is 2.44. The van der Waals surface area contributed by atoms with Gasteiger partial charge in [-0.25, -0.2) is 0 Å². The van der Waals surface area contributed by atoms with Gasteiger partial charge in [-0.1, -0.05) is 85.1 Å². The Labute approximate surface area is 146 Å². The van der Waals surface area contributed by atoms with Gasteiger partial charge in [-0.05, 0) is 19.1 Å². The molecule has 22 heavy (non-hydrogen) atoms. The highest BCUT2D eigenvalue weighted by atomic mass is 29.9. The Balaban J connectivity index is 6.57. The summed E-state index contributed by atoms with van der Waals surface area (Å²) in [6.07, 6.45) is 0. The minimum atomic E-state index is -1.66. The van der Waals surface area contributed by atoms with Crippen molar-refractivity contribution in [3.8, 4) is 0 Å². The topological polar surface area (TPSA) is 9.23 Å². The molecule has 0 aromatic carbocycles. The summed E-state index contributed by atoms with van der Waals surface area (Å²) in [5.41, 5.74) is 0. The van der Waals surface area contributed by atoms with Gasteiger partial charge < -0.3 is 4.12 Å². The fraction of sp³-hybridized carbons (Fsp3) is 1.00. The van der Waals surface area contributed by atoms with E-state index < -0.39 is 38.0 Å². The van der Waals surface area contributed by atoms with Gasteiger partial charge in [0.1, 0.15) is 6.87 Å². The van der Waals surface area contributed by atoms with Crippen molar-refractivity contribution in [2.45, 2.75) is 104 Å². The third-order valence-corrected chi connectivity index (χ3v) is 82.6. The fourth-order valence-corrected chi connectivity index (χ4v) is 113. The molecule has 0 aromatic rings. The van der Waals surface area contributed by atoms with E-state index in [4.69, 9.17) is 4.12 Å². The van der Waals surface area contributed by atoms with Crippen molar-refractivity contribution in [1.29, 1.82) is 0 Å². The monoisotopic (exact) mass is 392 g/mol. The Morgan fingerprint density at radius 1 is 0.500 bits per heavy atom. The molecule has 0 radical (unpaired) electrons. The molecule has 0 amide bonds. The van der Waals surface area contributed by atoms with Crippen molar-refractivity contribution >= 4 is 38.0 Å². The first-order valence-electron chi connectivity index (χ1n) is 9.40. The van der Waals surface area contributed by atoms with Crippen LogP contribution >= 0.6 is 0 Å². The lowest BCUT2D eigenvalue weighted by Crippen LogP contribution is -2.87. The Hall–Kier alpha value is 1.04. The van der Waals surface area contributed by atoms with Crippen molar-refractivity contribution in [3.05, 3.63) is 0 Å². The maximum Gasteiger partial charge on any atom is 0.172 e. The number of hydrogen-bond donors (Lipinski definition) is 0. The Morgan fingerprint density at radius 2 is 0.773 bits per heavy atom. The Bertz CT molecular complexity index is 323. The second-order valence-corrected chi connectivity index (χ2v) is 52.5. The average Bonchev–Trinajstić information content (AvgIpc) is 2.43. The molecular weight excluding hydrogens is 349 g/mol. The van der Waals surface area contributed by atoms with Gasteiger partial charge in [0.05, 0.1) is 22.8 Å². The molecule has 0 aromatic heterocycles. The lowest BCUT2D eigenvalue weighted by Gasteiger charge is -2.61. The molecule has 0 fully saturated rings. The summed E-state index contributed by atoms with van der Waals surface area (Å²) in [4.78, 5) is 0. The summed E-state index contributed by atoms with van der Waals surface area (Å²) in [7, 11) is -5.49. The predicted molar refractivity (Wildman–Crippen MR) is 119 cm³/mol. The summed E-state index contributed by atoms with van der Waals surface area (Å²) in [6, 6.07) is 5.53. The van der Waals surface area contributed by atoms with Crippen LogP contribution in [0.1, 0.15) is 27.7 Å². The van der Waals surface area contributed by atoms with Crippen molar-refractivity contribution in [2.75, 3.05) is 0 Å². The first kappa shape index (κ1) is 23.0. The highest BCUT2D eigenvalue weighted by Gasteiger charge is 2.67. The second-order valence-electron chi connectivity index (χ2n) is 9.61. The van der Waals surface area contributed by atoms with Gasteiger partial charge in [-0.15, -0.1) is 0 Å². The Kier molecular flexibility index (Phi) is 7.87. The van der Waals surface area contributed by atoms with Crippen molar-refractivity contribution in [2.24, 2.45) is 0 Å². The normalized spacial score (nSPS) is 15.3. The van der Waals surface area contributed by atoms with Gasteiger partial charge >= 0.3 is 0 Å². The molecule has 0 saturated heterocycles. The van der Waals surface area contributed by atoms with E-state index in [9.17, 15) is 0 Å². The molecule has 0 aliphatic heterocycles. The largest absolute Gasteiger partial charge is 0.462 e. The predicted octanol–water partition coefficient (Wildman–Crippen LogP) is 6.59. The molecule has 0 spiro atoms. The van der Waals surface area contributed by atoms with Crippen LogP contribution < -0.4 is 0 Å². The van der Waals surface area contributed by atoms with E-state index >= 15 is 0 Å². The molecular formula is C16H44OSi5. The van der Waals surface area contributed by atoms with Gasteiger partial charge in [0.25, 0.3) is 0 Å². The van der Waals surface area contributed by atoms with E-state index in [-0.39, 0.29) is 0 Å². The van der Waals surface area contributed by atoms with Gasteiger partial charge in [0.2, 0.25) is 0 Å². The average molecular weight is 393 g/mol. The van der Waals surface area contributed by atoms with E-state index in [1.807, 2.05) is 0 Å². The smallest absolute Gasteiger partial charge is 0.172 e. The van der Waals surface area contributed by atoms with E-state index in [1.54, 1.807) is 0 Å². The minimum Gasteiger partial charge on any atom is -0.462 e. The van der Waals surface area contributed by atoms with Crippen LogP contribution in [0.3, 0.4) is 0 Å². The second kappa shape index (κ2) is 7.51. The molecule has 0 N–H and O–H groups in total. The van der Waals surface area contributed by atoms with Crippen molar-refractivity contribution in [3.63, 3.8) is 0 Å². The van der Waals surface area contributed by atoms with Crippen LogP contribution in [-0.4, -0.2) is 38.0 Å². The van der Waals surface area contributed by atoms with Crippen LogP contribution in [0.25, 0.3) is 0 Å². The van der Waals surface area contributed by atoms with E-state index in [2.05, 4.69) is 80.1 Å². The molecule has 6 heteroatoms. The number of rotatable bonds is 9. The number of hydrogen-bond acceptors (Lipinski definition) is 1. The quantitative estimate of drug-likeness (QED) is 0.402. The zero-order valence-corrected chi connectivity index (χ0v) is 22.7. The molecule has 134 valence electrons. The van der Waals surface area contributed by atoms with Gasteiger partial charge in [0, 0.05) is 0 Å². The van der Waals surface area contributed by atoms with Gasteiger partial charge in [-0.2, -0.15) is 0 Å². The zero-order valence-electron chi connectivity index (χ0n) is 17.7. The van der Waals surface area contributed by atoms with Crippen LogP contribution in [0, 0.1) is 0 Å².